The van der Waals surface area contributed by atoms with Crippen molar-refractivity contribution < 1.29 is 32.3 Å². The normalized spacial score (nSPS) is 23.9. The van der Waals surface area contributed by atoms with Crippen molar-refractivity contribution in [2.24, 2.45) is 5.92 Å². The van der Waals surface area contributed by atoms with Gasteiger partial charge in [0.2, 0.25) is 0 Å². The number of hydrazine groups is 1. The third kappa shape index (κ3) is 5.66. The van der Waals surface area contributed by atoms with Gasteiger partial charge < -0.3 is 10.1 Å². The fraction of sp³-hybridized carbons (Fsp3) is 0.550. The fourth-order valence-electron chi connectivity index (χ4n) is 3.88. The van der Waals surface area contributed by atoms with E-state index in [9.17, 15) is 27.6 Å². The van der Waals surface area contributed by atoms with Gasteiger partial charge in [-0.2, -0.15) is 5.01 Å². The van der Waals surface area contributed by atoms with E-state index >= 15 is 0 Å². The largest absolute Gasteiger partial charge is 0.573 e. The molecule has 0 radical (unpaired) electrons. The Kier molecular flexibility index (Phi) is 6.44. The van der Waals surface area contributed by atoms with Crippen LogP contribution in [0.3, 0.4) is 0 Å². The molecule has 0 aromatic heterocycles. The highest BCUT2D eigenvalue weighted by molar-refractivity contribution is 6.08. The zero-order valence-corrected chi connectivity index (χ0v) is 17.3. The van der Waals surface area contributed by atoms with Gasteiger partial charge in [-0.05, 0) is 56.3 Å². The van der Waals surface area contributed by atoms with Crippen LogP contribution in [0.15, 0.2) is 24.3 Å². The van der Waals surface area contributed by atoms with Crippen LogP contribution >= 0.6 is 0 Å². The van der Waals surface area contributed by atoms with Crippen LogP contribution in [-0.2, 0) is 16.1 Å². The lowest BCUT2D eigenvalue weighted by molar-refractivity contribution is -0.274. The molecule has 11 heteroatoms. The first kappa shape index (κ1) is 22.9. The Balaban J connectivity index is 1.51. The number of nitrogens with one attached hydrogen (secondary N) is 2. The van der Waals surface area contributed by atoms with Crippen LogP contribution < -0.4 is 15.5 Å². The molecule has 3 rings (SSSR count). The molecule has 1 aromatic carbocycles. The second-order valence-corrected chi connectivity index (χ2v) is 8.23. The minimum absolute atomic E-state index is 0.123. The van der Waals surface area contributed by atoms with E-state index in [1.807, 2.05) is 0 Å². The third-order valence-electron chi connectivity index (χ3n) is 5.55. The van der Waals surface area contributed by atoms with Crippen LogP contribution in [-0.4, -0.2) is 53.2 Å². The van der Waals surface area contributed by atoms with Crippen LogP contribution in [0, 0.1) is 5.92 Å². The van der Waals surface area contributed by atoms with Crippen molar-refractivity contribution in [1.82, 2.24) is 20.7 Å². The Morgan fingerprint density at radius 3 is 2.45 bits per heavy atom. The lowest BCUT2D eigenvalue weighted by Gasteiger charge is -2.33. The monoisotopic (exact) mass is 442 g/mol. The highest BCUT2D eigenvalue weighted by Gasteiger charge is 2.52. The first-order valence-electron chi connectivity index (χ1n) is 9.97. The van der Waals surface area contributed by atoms with Gasteiger partial charge in [-0.15, -0.1) is 13.2 Å². The van der Waals surface area contributed by atoms with Crippen molar-refractivity contribution in [3.63, 3.8) is 0 Å². The van der Waals surface area contributed by atoms with Gasteiger partial charge in [0.25, 0.3) is 11.8 Å². The number of rotatable bonds is 6. The van der Waals surface area contributed by atoms with Crippen molar-refractivity contribution >= 4 is 17.8 Å². The van der Waals surface area contributed by atoms with Gasteiger partial charge in [0, 0.05) is 6.54 Å². The van der Waals surface area contributed by atoms with Crippen LogP contribution in [0.2, 0.25) is 0 Å². The molecule has 2 aliphatic rings. The maximum Gasteiger partial charge on any atom is 0.573 e. The molecule has 1 aliphatic carbocycles. The Bertz CT molecular complexity index is 836. The molecule has 2 fully saturated rings. The van der Waals surface area contributed by atoms with Gasteiger partial charge in [-0.3, -0.25) is 19.9 Å². The molecule has 1 aromatic rings. The van der Waals surface area contributed by atoms with Crippen LogP contribution in [0.4, 0.5) is 18.0 Å². The Hall–Kier alpha value is -2.82. The van der Waals surface area contributed by atoms with Crippen LogP contribution in [0.1, 0.15) is 38.2 Å². The van der Waals surface area contributed by atoms with Crippen LogP contribution in [0.25, 0.3) is 0 Å². The van der Waals surface area contributed by atoms with Gasteiger partial charge in [0.1, 0.15) is 11.3 Å². The first-order chi connectivity index (χ1) is 14.5. The lowest BCUT2D eigenvalue weighted by atomic mass is 9.77. The van der Waals surface area contributed by atoms with E-state index in [1.54, 1.807) is 11.9 Å². The molecule has 1 saturated heterocycles. The summed E-state index contributed by atoms with van der Waals surface area (Å²) in [7, 11) is 1.63. The predicted molar refractivity (Wildman–Crippen MR) is 103 cm³/mol. The van der Waals surface area contributed by atoms with Gasteiger partial charge >= 0.3 is 12.4 Å². The number of halogens is 3. The zero-order valence-electron chi connectivity index (χ0n) is 17.3. The maximum atomic E-state index is 12.8. The highest BCUT2D eigenvalue weighted by atomic mass is 19.4. The minimum atomic E-state index is -4.76. The molecule has 2 N–H and O–H groups in total. The molecule has 8 nitrogen and oxygen atoms in total. The van der Waals surface area contributed by atoms with Gasteiger partial charge in [0.05, 0.1) is 6.54 Å². The molecule has 1 saturated carbocycles. The van der Waals surface area contributed by atoms with Crippen molar-refractivity contribution in [3.05, 3.63) is 29.8 Å². The van der Waals surface area contributed by atoms with E-state index < -0.39 is 29.7 Å². The summed E-state index contributed by atoms with van der Waals surface area (Å²) >= 11 is 0. The quantitative estimate of drug-likeness (QED) is 0.661. The summed E-state index contributed by atoms with van der Waals surface area (Å²) in [6.45, 7) is 2.24. The van der Waals surface area contributed by atoms with Crippen molar-refractivity contribution in [3.8, 4) is 5.75 Å². The average Bonchev–Trinajstić information content (AvgIpc) is 2.89. The molecule has 170 valence electrons. The van der Waals surface area contributed by atoms with E-state index in [0.29, 0.717) is 24.3 Å². The standard InChI is InChI=1S/C20H25F3N4O4/c1-13-7-9-19(10-8-13)17(29)27(18(30)24-19)25-16(28)12-26(2)11-14-3-5-15(6-4-14)31-20(21,22)23/h3-6,13H,7-12H2,1-2H3,(H,24,30)(H,25,28). The molecule has 1 heterocycles. The summed E-state index contributed by atoms with van der Waals surface area (Å²) in [4.78, 5) is 39.0. The summed E-state index contributed by atoms with van der Waals surface area (Å²) in [5.74, 6) is -0.840. The Morgan fingerprint density at radius 2 is 1.87 bits per heavy atom. The first-order valence-corrected chi connectivity index (χ1v) is 9.97. The molecule has 31 heavy (non-hydrogen) atoms. The number of ether oxygens (including phenoxy) is 1. The molecule has 0 atom stereocenters. The molecule has 0 bridgehead atoms. The average molecular weight is 442 g/mol. The lowest BCUT2D eigenvalue weighted by Crippen LogP contribution is -2.52. The van der Waals surface area contributed by atoms with E-state index in [-0.39, 0.29) is 18.8 Å². The topological polar surface area (TPSA) is 91.0 Å². The zero-order chi connectivity index (χ0) is 22.8. The van der Waals surface area contributed by atoms with Gasteiger partial charge in [-0.1, -0.05) is 19.1 Å². The van der Waals surface area contributed by atoms with Gasteiger partial charge in [0.15, 0.2) is 0 Å². The summed E-state index contributed by atoms with van der Waals surface area (Å²) < 4.78 is 40.5. The number of imide groups is 1. The summed E-state index contributed by atoms with van der Waals surface area (Å²) in [5, 5.41) is 3.47. The van der Waals surface area contributed by atoms with Crippen molar-refractivity contribution in [2.75, 3.05) is 13.6 Å². The molecule has 4 amide bonds. The van der Waals surface area contributed by atoms with Crippen LogP contribution in [0.5, 0.6) is 5.75 Å². The highest BCUT2D eigenvalue weighted by Crippen LogP contribution is 2.35. The smallest absolute Gasteiger partial charge is 0.406 e. The third-order valence-corrected chi connectivity index (χ3v) is 5.55. The summed E-state index contributed by atoms with van der Waals surface area (Å²) in [5.41, 5.74) is 2.08. The number of benzene rings is 1. The number of carbonyl (C=O) groups excluding carboxylic acids is 3. The number of urea groups is 1. The Morgan fingerprint density at radius 1 is 1.26 bits per heavy atom. The van der Waals surface area contributed by atoms with Gasteiger partial charge in [-0.25, -0.2) is 4.79 Å². The Labute approximate surface area is 177 Å². The molecule has 1 aliphatic heterocycles. The van der Waals surface area contributed by atoms with Crippen molar-refractivity contribution in [2.45, 2.75) is 51.1 Å². The van der Waals surface area contributed by atoms with E-state index in [4.69, 9.17) is 0 Å². The minimum Gasteiger partial charge on any atom is -0.406 e. The molecule has 1 spiro atoms. The number of amides is 4. The number of carbonyl (C=O) groups is 3. The number of likely N-dealkylation sites (N-methyl/N-ethyl adjacent to an activating group) is 1. The second kappa shape index (κ2) is 8.74. The number of nitrogens with zero attached hydrogens (tertiary/aromatic N) is 2. The predicted octanol–water partition coefficient (Wildman–Crippen LogP) is 2.55. The van der Waals surface area contributed by atoms with E-state index in [2.05, 4.69) is 22.4 Å². The SMILES string of the molecule is CC1CCC2(CC1)NC(=O)N(NC(=O)CN(C)Cc1ccc(OC(F)(F)F)cc1)C2=O. The summed E-state index contributed by atoms with van der Waals surface area (Å²) in [6, 6.07) is 4.65. The maximum absolute atomic E-state index is 12.8. The summed E-state index contributed by atoms with van der Waals surface area (Å²) in [6.07, 6.45) is -2.03. The van der Waals surface area contributed by atoms with Crippen molar-refractivity contribution in [1.29, 1.82) is 0 Å². The molecular formula is C20H25F3N4O4. The number of hydrogen-bond acceptors (Lipinski definition) is 5. The number of alkyl halides is 3. The fourth-order valence-corrected chi connectivity index (χ4v) is 3.88. The molecule has 0 unspecified atom stereocenters. The molecular weight excluding hydrogens is 417 g/mol. The second-order valence-electron chi connectivity index (χ2n) is 8.23. The number of hydrogen-bond donors (Lipinski definition) is 2. The van der Waals surface area contributed by atoms with E-state index in [1.165, 1.54) is 24.3 Å². The van der Waals surface area contributed by atoms with E-state index in [0.717, 1.165) is 17.9 Å².